The van der Waals surface area contributed by atoms with Crippen LogP contribution in [0.3, 0.4) is 0 Å². The first kappa shape index (κ1) is 76.9. The summed E-state index contributed by atoms with van der Waals surface area (Å²) in [5.74, 6) is -0.885. The molecule has 0 saturated carbocycles. The van der Waals surface area contributed by atoms with Crippen molar-refractivity contribution in [2.75, 3.05) is 13.2 Å². The first-order chi connectivity index (χ1) is 39.5. The Kier molecular flexibility index (Phi) is 65.7. The Hall–Kier alpha value is -3.15. The van der Waals surface area contributed by atoms with Gasteiger partial charge in [0.1, 0.15) is 13.2 Å². The highest BCUT2D eigenvalue weighted by Crippen LogP contribution is 2.18. The third-order valence-corrected chi connectivity index (χ3v) is 15.4. The number of hydrogen-bond donors (Lipinski definition) is 0. The second-order valence-corrected chi connectivity index (χ2v) is 23.4. The van der Waals surface area contributed by atoms with Crippen LogP contribution in [0.25, 0.3) is 0 Å². The van der Waals surface area contributed by atoms with Crippen molar-refractivity contribution in [3.8, 4) is 0 Å². The van der Waals surface area contributed by atoms with Crippen LogP contribution in [0.5, 0.6) is 0 Å². The predicted octanol–water partition coefficient (Wildman–Crippen LogP) is 24.1. The highest BCUT2D eigenvalue weighted by atomic mass is 16.6. The SMILES string of the molecule is CC/C=C\C/C=C\C/C=C\C/C=C\C/C=C\CCCCCCCCCC(=O)OC(COC(=O)CCCCCCC/C=C\CCC)COC(=O)CCCCCCCCCCCCCCCCCCCCCCCCCCCCCCC. The summed E-state index contributed by atoms with van der Waals surface area (Å²) >= 11 is 0. The number of rotatable bonds is 64. The Morgan fingerprint density at radius 1 is 0.263 bits per heavy atom. The zero-order chi connectivity index (χ0) is 57.8. The van der Waals surface area contributed by atoms with Gasteiger partial charge in [0.15, 0.2) is 6.10 Å². The van der Waals surface area contributed by atoms with E-state index in [0.717, 1.165) is 109 Å². The van der Waals surface area contributed by atoms with E-state index in [1.165, 1.54) is 212 Å². The molecule has 6 nitrogen and oxygen atoms in total. The lowest BCUT2D eigenvalue weighted by Crippen LogP contribution is -2.30. The number of carbonyl (C=O) groups excluding carboxylic acids is 3. The number of allylic oxidation sites excluding steroid dienone is 12. The Bertz CT molecular complexity index is 1470. The van der Waals surface area contributed by atoms with Gasteiger partial charge in [-0.3, -0.25) is 14.4 Å². The van der Waals surface area contributed by atoms with Crippen LogP contribution >= 0.6 is 0 Å². The van der Waals surface area contributed by atoms with Gasteiger partial charge in [0.05, 0.1) is 0 Å². The van der Waals surface area contributed by atoms with Gasteiger partial charge in [-0.2, -0.15) is 0 Å². The fourth-order valence-electron chi connectivity index (χ4n) is 10.2. The zero-order valence-electron chi connectivity index (χ0n) is 53.3. The number of carbonyl (C=O) groups is 3. The maximum absolute atomic E-state index is 12.9. The number of ether oxygens (including phenoxy) is 3. The molecule has 0 amide bonds. The van der Waals surface area contributed by atoms with E-state index in [1.807, 2.05) is 0 Å². The normalized spacial score (nSPS) is 12.5. The molecule has 1 atom stereocenters. The molecule has 6 heteroatoms. The van der Waals surface area contributed by atoms with Crippen molar-refractivity contribution in [2.24, 2.45) is 0 Å². The molecule has 0 rings (SSSR count). The zero-order valence-corrected chi connectivity index (χ0v) is 53.3. The second kappa shape index (κ2) is 68.3. The molecule has 0 radical (unpaired) electrons. The van der Waals surface area contributed by atoms with Crippen LogP contribution in [0.1, 0.15) is 361 Å². The Balaban J connectivity index is 4.16. The largest absolute Gasteiger partial charge is 0.462 e. The lowest BCUT2D eigenvalue weighted by Gasteiger charge is -2.18. The Morgan fingerprint density at radius 2 is 0.512 bits per heavy atom. The van der Waals surface area contributed by atoms with E-state index in [0.29, 0.717) is 19.3 Å². The molecule has 0 spiro atoms. The van der Waals surface area contributed by atoms with Crippen LogP contribution in [-0.4, -0.2) is 37.2 Å². The van der Waals surface area contributed by atoms with Crippen LogP contribution in [0.15, 0.2) is 72.9 Å². The minimum absolute atomic E-state index is 0.0796. The molecular formula is C74H132O6. The smallest absolute Gasteiger partial charge is 0.306 e. The topological polar surface area (TPSA) is 78.9 Å². The average Bonchev–Trinajstić information content (AvgIpc) is 3.46. The minimum atomic E-state index is -0.785. The van der Waals surface area contributed by atoms with E-state index < -0.39 is 6.10 Å². The van der Waals surface area contributed by atoms with E-state index in [2.05, 4.69) is 93.7 Å². The van der Waals surface area contributed by atoms with E-state index in [4.69, 9.17) is 14.2 Å². The van der Waals surface area contributed by atoms with Gasteiger partial charge in [-0.15, -0.1) is 0 Å². The monoisotopic (exact) mass is 1120 g/mol. The molecule has 0 aliphatic carbocycles. The van der Waals surface area contributed by atoms with Crippen molar-refractivity contribution in [3.05, 3.63) is 72.9 Å². The van der Waals surface area contributed by atoms with Crippen LogP contribution in [0, 0.1) is 0 Å². The highest BCUT2D eigenvalue weighted by Gasteiger charge is 2.19. The van der Waals surface area contributed by atoms with E-state index >= 15 is 0 Å². The van der Waals surface area contributed by atoms with E-state index in [-0.39, 0.29) is 31.1 Å². The molecule has 0 aliphatic rings. The fourth-order valence-corrected chi connectivity index (χ4v) is 10.2. The molecule has 0 heterocycles. The predicted molar refractivity (Wildman–Crippen MR) is 348 cm³/mol. The van der Waals surface area contributed by atoms with Crippen molar-refractivity contribution >= 4 is 17.9 Å². The van der Waals surface area contributed by atoms with Gasteiger partial charge in [0.2, 0.25) is 0 Å². The number of hydrogen-bond acceptors (Lipinski definition) is 6. The number of unbranched alkanes of at least 4 members (excludes halogenated alkanes) is 41. The van der Waals surface area contributed by atoms with Crippen molar-refractivity contribution in [2.45, 2.75) is 367 Å². The lowest BCUT2D eigenvalue weighted by atomic mass is 10.0. The molecule has 1 unspecified atom stereocenters. The summed E-state index contributed by atoms with van der Waals surface area (Å²) in [6.45, 7) is 6.50. The molecule has 0 N–H and O–H groups in total. The van der Waals surface area contributed by atoms with Gasteiger partial charge >= 0.3 is 17.9 Å². The molecule has 0 aliphatic heterocycles. The van der Waals surface area contributed by atoms with Gasteiger partial charge in [-0.1, -0.05) is 331 Å². The van der Waals surface area contributed by atoms with Crippen molar-refractivity contribution in [1.29, 1.82) is 0 Å². The van der Waals surface area contributed by atoms with Crippen molar-refractivity contribution in [3.63, 3.8) is 0 Å². The molecule has 0 fully saturated rings. The lowest BCUT2D eigenvalue weighted by molar-refractivity contribution is -0.167. The molecule has 0 aromatic heterocycles. The molecule has 464 valence electrons. The molecule has 0 bridgehead atoms. The molecule has 0 aromatic rings. The molecular weight excluding hydrogens is 985 g/mol. The van der Waals surface area contributed by atoms with Gasteiger partial charge in [-0.05, 0) is 83.5 Å². The fraction of sp³-hybridized carbons (Fsp3) is 0.797. The highest BCUT2D eigenvalue weighted by molar-refractivity contribution is 5.71. The first-order valence-corrected chi connectivity index (χ1v) is 34.9. The third kappa shape index (κ3) is 65.7. The molecule has 0 saturated heterocycles. The Morgan fingerprint density at radius 3 is 0.825 bits per heavy atom. The third-order valence-electron chi connectivity index (χ3n) is 15.4. The Labute approximate surface area is 497 Å². The summed E-state index contributed by atoms with van der Waals surface area (Å²) < 4.78 is 16.9. The molecule has 80 heavy (non-hydrogen) atoms. The molecule has 0 aromatic carbocycles. The second-order valence-electron chi connectivity index (χ2n) is 23.4. The standard InChI is InChI=1S/C74H132O6/c1-4-7-10-13-16-19-22-24-26-28-30-32-34-35-36-37-38-39-41-42-44-46-48-50-52-55-58-61-64-67-73(76)79-70-71(69-78-72(75)66-63-60-57-54-21-18-15-12-9-6-3)80-74(77)68-65-62-59-56-53-51-49-47-45-43-40-33-31-29-27-25-23-20-17-14-11-8-5-2/h8,11-12,15,17,20,25,27,31,33,43,45,71H,4-7,9-10,13-14,16,18-19,21-24,26,28-30,32,34-42,44,46-70H2,1-3H3/b11-8-,15-12-,20-17-,27-25-,33-31-,45-43-. The van der Waals surface area contributed by atoms with Gasteiger partial charge in [0, 0.05) is 19.3 Å². The quantitative estimate of drug-likeness (QED) is 0.0261. The van der Waals surface area contributed by atoms with Crippen LogP contribution in [0.4, 0.5) is 0 Å². The summed E-state index contributed by atoms with van der Waals surface area (Å²) in [6.07, 6.45) is 89.5. The summed E-state index contributed by atoms with van der Waals surface area (Å²) in [7, 11) is 0. The van der Waals surface area contributed by atoms with E-state index in [1.54, 1.807) is 0 Å². The van der Waals surface area contributed by atoms with Crippen LogP contribution in [-0.2, 0) is 28.6 Å². The van der Waals surface area contributed by atoms with Gasteiger partial charge in [0.25, 0.3) is 0 Å². The maximum Gasteiger partial charge on any atom is 0.306 e. The van der Waals surface area contributed by atoms with Crippen molar-refractivity contribution in [1.82, 2.24) is 0 Å². The van der Waals surface area contributed by atoms with E-state index in [9.17, 15) is 14.4 Å². The number of esters is 3. The van der Waals surface area contributed by atoms with Gasteiger partial charge < -0.3 is 14.2 Å². The van der Waals surface area contributed by atoms with Crippen LogP contribution in [0.2, 0.25) is 0 Å². The average molecular weight is 1120 g/mol. The summed E-state index contributed by atoms with van der Waals surface area (Å²) in [5, 5.41) is 0. The van der Waals surface area contributed by atoms with Gasteiger partial charge in [-0.25, -0.2) is 0 Å². The van der Waals surface area contributed by atoms with Crippen LogP contribution < -0.4 is 0 Å². The summed E-state index contributed by atoms with van der Waals surface area (Å²) in [5.41, 5.74) is 0. The summed E-state index contributed by atoms with van der Waals surface area (Å²) in [6, 6.07) is 0. The first-order valence-electron chi connectivity index (χ1n) is 34.9. The maximum atomic E-state index is 12.9. The minimum Gasteiger partial charge on any atom is -0.462 e. The summed E-state index contributed by atoms with van der Waals surface area (Å²) in [4.78, 5) is 38.3. The van der Waals surface area contributed by atoms with Crippen molar-refractivity contribution < 1.29 is 28.6 Å².